The van der Waals surface area contributed by atoms with E-state index in [0.29, 0.717) is 0 Å². The van der Waals surface area contributed by atoms with Crippen molar-refractivity contribution >= 4 is 0 Å². The minimum Gasteiger partial charge on any atom is -0.315 e. The maximum Gasteiger partial charge on any atom is 0.00768 e. The largest absolute Gasteiger partial charge is 0.315 e. The van der Waals surface area contributed by atoms with E-state index in [9.17, 15) is 0 Å². The van der Waals surface area contributed by atoms with Gasteiger partial charge in [-0.15, -0.1) is 0 Å². The van der Waals surface area contributed by atoms with E-state index in [0.717, 1.165) is 55.1 Å². The highest BCUT2D eigenvalue weighted by Gasteiger charge is 2.47. The summed E-state index contributed by atoms with van der Waals surface area (Å²) in [7, 11) is 0. The zero-order chi connectivity index (χ0) is 13.2. The van der Waals surface area contributed by atoms with Crippen LogP contribution in [0.15, 0.2) is 0 Å². The van der Waals surface area contributed by atoms with Crippen LogP contribution in [0.5, 0.6) is 0 Å². The van der Waals surface area contributed by atoms with Crippen LogP contribution >= 0.6 is 0 Å². The van der Waals surface area contributed by atoms with E-state index in [1.54, 1.807) is 32.1 Å². The van der Waals surface area contributed by atoms with Crippen LogP contribution in [0, 0.1) is 35.5 Å². The van der Waals surface area contributed by atoms with Crippen LogP contribution in [0.1, 0.15) is 46.0 Å². The molecule has 4 bridgehead atoms. The third-order valence-electron chi connectivity index (χ3n) is 5.83. The summed E-state index contributed by atoms with van der Waals surface area (Å²) in [5.74, 6) is 6.17. The lowest BCUT2D eigenvalue weighted by Gasteiger charge is -2.54. The molecule has 0 aromatic carbocycles. The SMILES string of the molecule is CC(C)CNCCNCC1C2CC3CC(C2)CC1C3. The Labute approximate surface area is 119 Å². The van der Waals surface area contributed by atoms with E-state index in [1.165, 1.54) is 6.54 Å². The number of nitrogens with one attached hydrogen (secondary N) is 2. The second kappa shape index (κ2) is 6.13. The van der Waals surface area contributed by atoms with Gasteiger partial charge in [-0.2, -0.15) is 0 Å². The molecule has 4 aliphatic rings. The molecular weight excluding hydrogens is 232 g/mol. The molecular formula is C17H32N2. The predicted molar refractivity (Wildman–Crippen MR) is 81.1 cm³/mol. The van der Waals surface area contributed by atoms with Gasteiger partial charge < -0.3 is 10.6 Å². The van der Waals surface area contributed by atoms with E-state index in [4.69, 9.17) is 0 Å². The van der Waals surface area contributed by atoms with Gasteiger partial charge in [0.15, 0.2) is 0 Å². The molecule has 2 nitrogen and oxygen atoms in total. The van der Waals surface area contributed by atoms with Gasteiger partial charge in [0.05, 0.1) is 0 Å². The van der Waals surface area contributed by atoms with E-state index in [1.807, 2.05) is 0 Å². The van der Waals surface area contributed by atoms with Crippen LogP contribution < -0.4 is 10.6 Å². The first-order chi connectivity index (χ1) is 9.22. The molecule has 2 heteroatoms. The highest BCUT2D eigenvalue weighted by atomic mass is 14.9. The van der Waals surface area contributed by atoms with Gasteiger partial charge in [-0.1, -0.05) is 13.8 Å². The average Bonchev–Trinajstić information content (AvgIpc) is 2.35. The van der Waals surface area contributed by atoms with Crippen LogP contribution in [0.3, 0.4) is 0 Å². The highest BCUT2D eigenvalue weighted by Crippen LogP contribution is 2.56. The fraction of sp³-hybridized carbons (Fsp3) is 1.00. The van der Waals surface area contributed by atoms with Gasteiger partial charge in [-0.05, 0) is 80.7 Å². The lowest BCUT2D eigenvalue weighted by atomic mass is 9.52. The molecule has 0 radical (unpaired) electrons. The van der Waals surface area contributed by atoms with Crippen molar-refractivity contribution in [3.63, 3.8) is 0 Å². The van der Waals surface area contributed by atoms with E-state index in [2.05, 4.69) is 24.5 Å². The van der Waals surface area contributed by atoms with Crippen molar-refractivity contribution in [3.8, 4) is 0 Å². The summed E-state index contributed by atoms with van der Waals surface area (Å²) < 4.78 is 0. The maximum absolute atomic E-state index is 3.72. The molecule has 0 saturated heterocycles. The second-order valence-electron chi connectivity index (χ2n) is 7.90. The Morgan fingerprint density at radius 1 is 0.842 bits per heavy atom. The molecule has 110 valence electrons. The Morgan fingerprint density at radius 2 is 1.42 bits per heavy atom. The minimum absolute atomic E-state index is 0.768. The van der Waals surface area contributed by atoms with Crippen LogP contribution in [-0.2, 0) is 0 Å². The first kappa shape index (κ1) is 13.9. The second-order valence-corrected chi connectivity index (χ2v) is 7.90. The minimum atomic E-state index is 0.768. The quantitative estimate of drug-likeness (QED) is 0.691. The fourth-order valence-electron chi connectivity index (χ4n) is 5.21. The Balaban J connectivity index is 1.35. The van der Waals surface area contributed by atoms with Gasteiger partial charge in [0.2, 0.25) is 0 Å². The Bertz CT molecular complexity index is 259. The van der Waals surface area contributed by atoms with Gasteiger partial charge in [0.1, 0.15) is 0 Å². The van der Waals surface area contributed by atoms with E-state index in [-0.39, 0.29) is 0 Å². The first-order valence-corrected chi connectivity index (χ1v) is 8.63. The smallest absolute Gasteiger partial charge is 0.00768 e. The van der Waals surface area contributed by atoms with Crippen LogP contribution in [-0.4, -0.2) is 26.2 Å². The van der Waals surface area contributed by atoms with E-state index >= 15 is 0 Å². The molecule has 0 spiro atoms. The predicted octanol–water partition coefficient (Wildman–Crippen LogP) is 2.89. The summed E-state index contributed by atoms with van der Waals surface area (Å²) in [5, 5.41) is 7.25. The summed E-state index contributed by atoms with van der Waals surface area (Å²) in [5.41, 5.74) is 0. The number of hydrogen-bond acceptors (Lipinski definition) is 2. The molecule has 0 aromatic rings. The first-order valence-electron chi connectivity index (χ1n) is 8.63. The third kappa shape index (κ3) is 3.33. The van der Waals surface area contributed by atoms with Gasteiger partial charge >= 0.3 is 0 Å². The number of hydrogen-bond donors (Lipinski definition) is 2. The molecule has 0 amide bonds. The Hall–Kier alpha value is -0.0800. The average molecular weight is 264 g/mol. The van der Waals surface area contributed by atoms with Crippen molar-refractivity contribution in [1.82, 2.24) is 10.6 Å². The van der Waals surface area contributed by atoms with Crippen LogP contribution in [0.2, 0.25) is 0 Å². The monoisotopic (exact) mass is 264 g/mol. The zero-order valence-electron chi connectivity index (χ0n) is 12.8. The Morgan fingerprint density at radius 3 is 2.00 bits per heavy atom. The summed E-state index contributed by atoms with van der Waals surface area (Å²) in [4.78, 5) is 0. The fourth-order valence-corrected chi connectivity index (χ4v) is 5.21. The Kier molecular flexibility index (Phi) is 4.48. The molecule has 4 saturated carbocycles. The summed E-state index contributed by atoms with van der Waals surface area (Å²) in [6.45, 7) is 9.27. The molecule has 2 N–H and O–H groups in total. The standard InChI is InChI=1S/C17H32N2/c1-12(2)10-18-3-4-19-11-17-15-6-13-5-14(8-15)9-16(17)7-13/h12-19H,3-11H2,1-2H3. The van der Waals surface area contributed by atoms with Crippen molar-refractivity contribution < 1.29 is 0 Å². The summed E-state index contributed by atoms with van der Waals surface area (Å²) >= 11 is 0. The molecule has 0 atom stereocenters. The van der Waals surface area contributed by atoms with Gasteiger partial charge in [-0.25, -0.2) is 0 Å². The molecule has 0 unspecified atom stereocenters. The molecule has 4 aliphatic carbocycles. The van der Waals surface area contributed by atoms with Gasteiger partial charge in [0, 0.05) is 13.1 Å². The van der Waals surface area contributed by atoms with Crippen LogP contribution in [0.4, 0.5) is 0 Å². The summed E-state index contributed by atoms with van der Waals surface area (Å²) in [6, 6.07) is 0. The normalized spacial score (nSPS) is 40.3. The van der Waals surface area contributed by atoms with Crippen molar-refractivity contribution in [2.24, 2.45) is 35.5 Å². The molecule has 4 fully saturated rings. The van der Waals surface area contributed by atoms with Crippen molar-refractivity contribution in [1.29, 1.82) is 0 Å². The van der Waals surface area contributed by atoms with Crippen molar-refractivity contribution in [2.75, 3.05) is 26.2 Å². The molecule has 0 aromatic heterocycles. The van der Waals surface area contributed by atoms with Gasteiger partial charge in [0.25, 0.3) is 0 Å². The number of rotatable bonds is 7. The molecule has 4 rings (SSSR count). The maximum atomic E-state index is 3.72. The topological polar surface area (TPSA) is 24.1 Å². The highest BCUT2D eigenvalue weighted by molar-refractivity contribution is 4.98. The van der Waals surface area contributed by atoms with E-state index < -0.39 is 0 Å². The lowest BCUT2D eigenvalue weighted by Crippen LogP contribution is -2.48. The van der Waals surface area contributed by atoms with Gasteiger partial charge in [-0.3, -0.25) is 0 Å². The third-order valence-corrected chi connectivity index (χ3v) is 5.83. The molecule has 0 heterocycles. The lowest BCUT2D eigenvalue weighted by molar-refractivity contribution is -0.0353. The zero-order valence-corrected chi connectivity index (χ0v) is 12.8. The molecule has 19 heavy (non-hydrogen) atoms. The van der Waals surface area contributed by atoms with Crippen LogP contribution in [0.25, 0.3) is 0 Å². The van der Waals surface area contributed by atoms with Crippen molar-refractivity contribution in [2.45, 2.75) is 46.0 Å². The summed E-state index contributed by atoms with van der Waals surface area (Å²) in [6.07, 6.45) is 7.82. The van der Waals surface area contributed by atoms with Crippen molar-refractivity contribution in [3.05, 3.63) is 0 Å². The molecule has 0 aliphatic heterocycles.